The van der Waals surface area contributed by atoms with E-state index in [0.717, 1.165) is 54.4 Å². The summed E-state index contributed by atoms with van der Waals surface area (Å²) in [6, 6.07) is 13.0. The molecule has 4 nitrogen and oxygen atoms in total. The summed E-state index contributed by atoms with van der Waals surface area (Å²) in [7, 11) is 0. The average Bonchev–Trinajstić information content (AvgIpc) is 2.67. The van der Waals surface area contributed by atoms with E-state index in [-0.39, 0.29) is 0 Å². The molecule has 0 unspecified atom stereocenters. The smallest absolute Gasteiger partial charge is 0.153 e. The Kier molecular flexibility index (Phi) is 5.87. The maximum absolute atomic E-state index is 11.4. The molecule has 0 radical (unpaired) electrons. The first-order chi connectivity index (χ1) is 12.2. The van der Waals surface area contributed by atoms with Crippen molar-refractivity contribution in [1.82, 2.24) is 0 Å². The highest BCUT2D eigenvalue weighted by atomic mass is 79.9. The average molecular weight is 402 g/mol. The first-order valence-electron chi connectivity index (χ1n) is 8.38. The molecule has 130 valence electrons. The van der Waals surface area contributed by atoms with Crippen LogP contribution in [0.5, 0.6) is 5.75 Å². The second kappa shape index (κ2) is 8.30. The molecule has 0 saturated carbocycles. The van der Waals surface area contributed by atoms with Crippen LogP contribution in [0.4, 0.5) is 5.69 Å². The number of piperidine rings is 1. The number of carbonyl (C=O) groups is 2. The second-order valence-corrected chi connectivity index (χ2v) is 7.07. The monoisotopic (exact) mass is 401 g/mol. The quantitative estimate of drug-likeness (QED) is 0.674. The molecule has 0 spiro atoms. The van der Waals surface area contributed by atoms with E-state index in [1.165, 1.54) is 0 Å². The van der Waals surface area contributed by atoms with E-state index in [1.54, 1.807) is 12.1 Å². The number of nitrogens with zero attached hydrogens (tertiary/aromatic N) is 1. The number of halogens is 1. The van der Waals surface area contributed by atoms with Crippen molar-refractivity contribution < 1.29 is 14.3 Å². The number of ether oxygens (including phenoxy) is 1. The molecule has 0 aromatic heterocycles. The molecular formula is C20H20BrNO3. The summed E-state index contributed by atoms with van der Waals surface area (Å²) in [5.41, 5.74) is 2.36. The summed E-state index contributed by atoms with van der Waals surface area (Å²) in [6.45, 7) is 2.50. The van der Waals surface area contributed by atoms with Crippen LogP contribution in [0.3, 0.4) is 0 Å². The van der Waals surface area contributed by atoms with Crippen LogP contribution in [0.25, 0.3) is 0 Å². The lowest BCUT2D eigenvalue weighted by molar-refractivity contribution is 0.111. The zero-order chi connectivity index (χ0) is 17.6. The third-order valence-corrected chi connectivity index (χ3v) is 5.30. The number of rotatable bonds is 6. The van der Waals surface area contributed by atoms with Crippen molar-refractivity contribution in [3.05, 3.63) is 58.1 Å². The van der Waals surface area contributed by atoms with Crippen LogP contribution < -0.4 is 9.64 Å². The lowest BCUT2D eigenvalue weighted by Crippen LogP contribution is -2.36. The Balaban J connectivity index is 1.54. The van der Waals surface area contributed by atoms with Crippen molar-refractivity contribution in [3.63, 3.8) is 0 Å². The van der Waals surface area contributed by atoms with Crippen molar-refractivity contribution in [3.8, 4) is 5.75 Å². The van der Waals surface area contributed by atoms with Crippen LogP contribution in [0.2, 0.25) is 0 Å². The van der Waals surface area contributed by atoms with Gasteiger partial charge in [0.2, 0.25) is 0 Å². The van der Waals surface area contributed by atoms with Crippen molar-refractivity contribution in [2.24, 2.45) is 5.92 Å². The highest BCUT2D eigenvalue weighted by molar-refractivity contribution is 9.10. The molecule has 1 aliphatic heterocycles. The van der Waals surface area contributed by atoms with Crippen LogP contribution in [-0.4, -0.2) is 32.3 Å². The molecule has 0 atom stereocenters. The SMILES string of the molecule is O=Cc1ccc(OCC2CCN(c3cccc(Br)c3C=O)CC2)cc1. The minimum absolute atomic E-state index is 0.494. The molecule has 2 aromatic carbocycles. The van der Waals surface area contributed by atoms with Gasteiger partial charge in [0.05, 0.1) is 12.2 Å². The fourth-order valence-corrected chi connectivity index (χ4v) is 3.56. The van der Waals surface area contributed by atoms with Gasteiger partial charge >= 0.3 is 0 Å². The van der Waals surface area contributed by atoms with E-state index in [9.17, 15) is 9.59 Å². The van der Waals surface area contributed by atoms with Gasteiger partial charge in [-0.1, -0.05) is 6.07 Å². The van der Waals surface area contributed by atoms with Crippen LogP contribution in [0.15, 0.2) is 46.9 Å². The van der Waals surface area contributed by atoms with E-state index < -0.39 is 0 Å². The highest BCUT2D eigenvalue weighted by Crippen LogP contribution is 2.30. The first-order valence-corrected chi connectivity index (χ1v) is 9.17. The normalized spacial score (nSPS) is 15.0. The third kappa shape index (κ3) is 4.28. The van der Waals surface area contributed by atoms with E-state index in [2.05, 4.69) is 20.8 Å². The van der Waals surface area contributed by atoms with Crippen LogP contribution in [0.1, 0.15) is 33.6 Å². The maximum atomic E-state index is 11.4. The standard InChI is InChI=1S/C20H20BrNO3/c21-19-2-1-3-20(18(19)13-24)22-10-8-16(9-11-22)14-25-17-6-4-15(12-23)5-7-17/h1-7,12-13,16H,8-11,14H2. The number of hydrogen-bond donors (Lipinski definition) is 0. The topological polar surface area (TPSA) is 46.6 Å². The van der Waals surface area contributed by atoms with Crippen molar-refractivity contribution in [2.75, 3.05) is 24.6 Å². The number of hydrogen-bond acceptors (Lipinski definition) is 4. The molecule has 3 rings (SSSR count). The largest absolute Gasteiger partial charge is 0.493 e. The van der Waals surface area contributed by atoms with Gasteiger partial charge in [-0.3, -0.25) is 9.59 Å². The Morgan fingerprint density at radius 2 is 1.76 bits per heavy atom. The van der Waals surface area contributed by atoms with E-state index >= 15 is 0 Å². The summed E-state index contributed by atoms with van der Waals surface area (Å²) < 4.78 is 6.69. The highest BCUT2D eigenvalue weighted by Gasteiger charge is 2.22. The van der Waals surface area contributed by atoms with Crippen LogP contribution in [-0.2, 0) is 0 Å². The summed E-state index contributed by atoms with van der Waals surface area (Å²) in [5.74, 6) is 1.29. The summed E-state index contributed by atoms with van der Waals surface area (Å²) in [5, 5.41) is 0. The van der Waals surface area contributed by atoms with Gasteiger partial charge in [0, 0.05) is 28.8 Å². The Morgan fingerprint density at radius 3 is 2.40 bits per heavy atom. The summed E-state index contributed by atoms with van der Waals surface area (Å²) in [6.07, 6.45) is 3.79. The van der Waals surface area contributed by atoms with Crippen molar-refractivity contribution in [2.45, 2.75) is 12.8 Å². The van der Waals surface area contributed by atoms with Crippen LogP contribution >= 0.6 is 15.9 Å². The van der Waals surface area contributed by atoms with E-state index in [1.807, 2.05) is 30.3 Å². The van der Waals surface area contributed by atoms with Gasteiger partial charge in [-0.15, -0.1) is 0 Å². The minimum Gasteiger partial charge on any atom is -0.493 e. The molecule has 0 amide bonds. The predicted octanol–water partition coefficient (Wildman–Crippen LogP) is 4.37. The molecule has 1 saturated heterocycles. The van der Waals surface area contributed by atoms with Gasteiger partial charge in [0.1, 0.15) is 12.0 Å². The Labute approximate surface area is 155 Å². The molecule has 0 N–H and O–H groups in total. The molecule has 2 aromatic rings. The number of carbonyl (C=O) groups excluding carboxylic acids is 2. The first kappa shape index (κ1) is 17.7. The fraction of sp³-hybridized carbons (Fsp3) is 0.300. The Morgan fingerprint density at radius 1 is 1.04 bits per heavy atom. The molecule has 1 fully saturated rings. The molecule has 5 heteroatoms. The Bertz CT molecular complexity index is 737. The van der Waals surface area contributed by atoms with Gasteiger partial charge < -0.3 is 9.64 Å². The zero-order valence-corrected chi connectivity index (χ0v) is 15.4. The summed E-state index contributed by atoms with van der Waals surface area (Å²) in [4.78, 5) is 24.3. The molecule has 1 aliphatic rings. The molecule has 0 bridgehead atoms. The zero-order valence-electron chi connectivity index (χ0n) is 13.9. The third-order valence-electron chi connectivity index (χ3n) is 4.60. The predicted molar refractivity (Wildman–Crippen MR) is 102 cm³/mol. The van der Waals surface area contributed by atoms with Gasteiger partial charge in [-0.25, -0.2) is 0 Å². The lowest BCUT2D eigenvalue weighted by atomic mass is 9.97. The molecular weight excluding hydrogens is 382 g/mol. The molecule has 1 heterocycles. The van der Waals surface area contributed by atoms with Crippen molar-refractivity contribution in [1.29, 1.82) is 0 Å². The second-order valence-electron chi connectivity index (χ2n) is 6.22. The van der Waals surface area contributed by atoms with Crippen LogP contribution in [0, 0.1) is 5.92 Å². The van der Waals surface area contributed by atoms with Crippen molar-refractivity contribution >= 4 is 34.2 Å². The number of anilines is 1. The van der Waals surface area contributed by atoms with Gasteiger partial charge in [0.25, 0.3) is 0 Å². The number of aldehydes is 2. The summed E-state index contributed by atoms with van der Waals surface area (Å²) >= 11 is 3.45. The van der Waals surface area contributed by atoms with Gasteiger partial charge in [-0.2, -0.15) is 0 Å². The fourth-order valence-electron chi connectivity index (χ4n) is 3.12. The van der Waals surface area contributed by atoms with E-state index in [0.29, 0.717) is 23.7 Å². The van der Waals surface area contributed by atoms with E-state index in [4.69, 9.17) is 4.74 Å². The molecule has 25 heavy (non-hydrogen) atoms. The van der Waals surface area contributed by atoms with Gasteiger partial charge in [0.15, 0.2) is 6.29 Å². The maximum Gasteiger partial charge on any atom is 0.153 e. The number of benzene rings is 2. The minimum atomic E-state index is 0.494. The van der Waals surface area contributed by atoms with Gasteiger partial charge in [-0.05, 0) is 71.1 Å². The molecule has 0 aliphatic carbocycles. The lowest BCUT2D eigenvalue weighted by Gasteiger charge is -2.34. The Hall–Kier alpha value is -2.14.